The molecule has 0 saturated carbocycles. The predicted octanol–water partition coefficient (Wildman–Crippen LogP) is 10.4. The van der Waals surface area contributed by atoms with Gasteiger partial charge in [-0.25, -0.2) is 4.79 Å². The number of ether oxygens (including phenoxy) is 3. The maximum atomic E-state index is 13.9. The average molecular weight is 863 g/mol. The Labute approximate surface area is 320 Å². The largest absolute Gasteiger partial charge is 0.466 e. The van der Waals surface area contributed by atoms with E-state index in [1.165, 1.54) is 6.92 Å². The Bertz CT molecular complexity index is 1280. The van der Waals surface area contributed by atoms with Gasteiger partial charge in [0, 0.05) is 6.92 Å². The molecule has 0 aliphatic carbocycles. The monoisotopic (exact) mass is 862 g/mol. The van der Waals surface area contributed by atoms with Crippen LogP contribution in [0.15, 0.2) is 40.5 Å². The molecule has 1 saturated heterocycles. The van der Waals surface area contributed by atoms with Crippen LogP contribution in [0.3, 0.4) is 0 Å². The van der Waals surface area contributed by atoms with Gasteiger partial charge < -0.3 is 27.5 Å². The number of esters is 2. The van der Waals surface area contributed by atoms with E-state index in [1.54, 1.807) is 12.1 Å². The first kappa shape index (κ1) is 45.3. The molecule has 1 aliphatic heterocycles. The molecule has 1 aliphatic rings. The SMILES string of the molecule is CC(=O)OCCCC1O[C@@H](C(/C=C/I)O[Si](C)(C)C(C)(C)C)C(O[Si](C)(C)C(C)(C)C)C(O[Si](C)(C)C(C)(C)C)[C@H]1OC(=O)c1ccccc1. The van der Waals surface area contributed by atoms with E-state index in [-0.39, 0.29) is 27.7 Å². The molecule has 1 heterocycles. The maximum Gasteiger partial charge on any atom is 0.338 e. The summed E-state index contributed by atoms with van der Waals surface area (Å²) in [5, 5.41) is -0.311. The molecule has 0 bridgehead atoms. The molecule has 12 heteroatoms. The van der Waals surface area contributed by atoms with Crippen LogP contribution in [0, 0.1) is 0 Å². The minimum absolute atomic E-state index is 0.0525. The highest BCUT2D eigenvalue weighted by molar-refractivity contribution is 14.1. The van der Waals surface area contributed by atoms with Gasteiger partial charge in [0.2, 0.25) is 0 Å². The molecule has 1 fully saturated rings. The van der Waals surface area contributed by atoms with Gasteiger partial charge in [-0.05, 0) is 89.5 Å². The summed E-state index contributed by atoms with van der Waals surface area (Å²) in [6.45, 7) is 35.1. The lowest BCUT2D eigenvalue weighted by Gasteiger charge is -2.54. The van der Waals surface area contributed by atoms with E-state index in [9.17, 15) is 9.59 Å². The second-order valence-electron chi connectivity index (χ2n) is 18.2. The molecule has 8 nitrogen and oxygen atoms in total. The first-order chi connectivity index (χ1) is 22.6. The fraction of sp³-hybridized carbons (Fsp3) is 0.737. The zero-order valence-corrected chi connectivity index (χ0v) is 38.9. The molecule has 0 N–H and O–H groups in total. The number of carbonyl (C=O) groups is 2. The van der Waals surface area contributed by atoms with E-state index < -0.39 is 67.5 Å². The average Bonchev–Trinajstić information content (AvgIpc) is 2.95. The fourth-order valence-electron chi connectivity index (χ4n) is 4.95. The van der Waals surface area contributed by atoms with Crippen molar-refractivity contribution in [3.05, 3.63) is 46.1 Å². The Morgan fingerprint density at radius 3 is 1.76 bits per heavy atom. The van der Waals surface area contributed by atoms with Gasteiger partial charge in [-0.3, -0.25) is 4.79 Å². The second kappa shape index (κ2) is 17.5. The van der Waals surface area contributed by atoms with Gasteiger partial charge in [-0.15, -0.1) is 0 Å². The van der Waals surface area contributed by atoms with Crippen molar-refractivity contribution in [1.29, 1.82) is 0 Å². The third kappa shape index (κ3) is 12.1. The standard InChI is InChI=1S/C38H67IO8Si3/c1-27(40)42-26-20-23-29-31(44-35(41)28-21-18-17-19-22-28)33(46-49(13,14)37(5,6)7)34(47-50(15,16)38(8,9)10)32(43-29)30(24-25-39)45-48(11,12)36(2,3)4/h17-19,21-22,24-25,29-34H,20,23,26H2,1-16H3/b25-24+/t29?,30?,31-,32-,33?,34?/m0/s1. The molecule has 0 amide bonds. The minimum atomic E-state index is -2.50. The summed E-state index contributed by atoms with van der Waals surface area (Å²) in [6.07, 6.45) is -0.576. The summed E-state index contributed by atoms with van der Waals surface area (Å²) in [7, 11) is -7.30. The lowest BCUT2D eigenvalue weighted by molar-refractivity contribution is -0.230. The highest BCUT2D eigenvalue weighted by atomic mass is 127. The Morgan fingerprint density at radius 1 is 0.800 bits per heavy atom. The summed E-state index contributed by atoms with van der Waals surface area (Å²) in [5.74, 6) is -0.782. The van der Waals surface area contributed by atoms with Crippen LogP contribution in [0.2, 0.25) is 54.4 Å². The summed E-state index contributed by atoms with van der Waals surface area (Å²) >= 11 is 2.25. The lowest BCUT2D eigenvalue weighted by atomic mass is 9.90. The number of rotatable bonds is 14. The van der Waals surface area contributed by atoms with Crippen LogP contribution in [0.5, 0.6) is 0 Å². The van der Waals surface area contributed by atoms with Crippen molar-refractivity contribution in [3.63, 3.8) is 0 Å². The van der Waals surface area contributed by atoms with E-state index >= 15 is 0 Å². The first-order valence-corrected chi connectivity index (χ1v) is 28.0. The molecule has 0 radical (unpaired) electrons. The summed E-state index contributed by atoms with van der Waals surface area (Å²) in [4.78, 5) is 25.6. The van der Waals surface area contributed by atoms with Crippen LogP contribution in [0.1, 0.15) is 92.4 Å². The second-order valence-corrected chi connectivity index (χ2v) is 33.2. The van der Waals surface area contributed by atoms with Gasteiger partial charge in [-0.2, -0.15) is 0 Å². The first-order valence-electron chi connectivity index (χ1n) is 18.0. The highest BCUT2D eigenvalue weighted by Crippen LogP contribution is 2.46. The topological polar surface area (TPSA) is 89.5 Å². The Balaban J connectivity index is 2.90. The van der Waals surface area contributed by atoms with Gasteiger partial charge >= 0.3 is 11.9 Å². The quantitative estimate of drug-likeness (QED) is 0.0791. The Kier molecular flexibility index (Phi) is 15.9. The molecule has 0 aromatic heterocycles. The van der Waals surface area contributed by atoms with Crippen LogP contribution in [0.25, 0.3) is 0 Å². The van der Waals surface area contributed by atoms with E-state index in [4.69, 9.17) is 27.5 Å². The molecule has 0 spiro atoms. The van der Waals surface area contributed by atoms with Crippen LogP contribution in [-0.2, 0) is 32.3 Å². The lowest BCUT2D eigenvalue weighted by Crippen LogP contribution is -2.68. The maximum absolute atomic E-state index is 13.9. The van der Waals surface area contributed by atoms with Crippen LogP contribution in [-0.4, -0.2) is 80.1 Å². The highest BCUT2D eigenvalue weighted by Gasteiger charge is 2.57. The van der Waals surface area contributed by atoms with Crippen molar-refractivity contribution in [2.75, 3.05) is 6.61 Å². The van der Waals surface area contributed by atoms with E-state index in [1.807, 2.05) is 22.3 Å². The van der Waals surface area contributed by atoms with E-state index in [0.717, 1.165) is 0 Å². The van der Waals surface area contributed by atoms with Gasteiger partial charge in [0.1, 0.15) is 18.3 Å². The molecule has 1 aromatic rings. The molecule has 286 valence electrons. The van der Waals surface area contributed by atoms with Gasteiger partial charge in [0.25, 0.3) is 0 Å². The number of benzene rings is 1. The van der Waals surface area contributed by atoms with Crippen molar-refractivity contribution in [2.24, 2.45) is 0 Å². The summed E-state index contributed by atoms with van der Waals surface area (Å²) in [6, 6.07) is 9.04. The molecular weight excluding hydrogens is 796 g/mol. The predicted molar refractivity (Wildman–Crippen MR) is 220 cm³/mol. The molecule has 4 unspecified atom stereocenters. The smallest absolute Gasteiger partial charge is 0.338 e. The van der Waals surface area contributed by atoms with Gasteiger partial charge in [-0.1, -0.05) is 103 Å². The zero-order valence-electron chi connectivity index (χ0n) is 33.8. The van der Waals surface area contributed by atoms with Crippen molar-refractivity contribution in [2.45, 2.75) is 173 Å². The van der Waals surface area contributed by atoms with Crippen LogP contribution < -0.4 is 0 Å². The molecule has 1 aromatic carbocycles. The summed E-state index contributed by atoms with van der Waals surface area (Å²) in [5.41, 5.74) is 0.452. The summed E-state index contributed by atoms with van der Waals surface area (Å²) < 4.78 is 43.1. The number of hydrogen-bond acceptors (Lipinski definition) is 8. The fourth-order valence-corrected chi connectivity index (χ4v) is 9.22. The minimum Gasteiger partial charge on any atom is -0.466 e. The molecule has 6 atom stereocenters. The zero-order chi connectivity index (χ0) is 38.5. The van der Waals surface area contributed by atoms with Gasteiger partial charge in [0.15, 0.2) is 31.1 Å². The number of halogens is 1. The van der Waals surface area contributed by atoms with Crippen LogP contribution >= 0.6 is 22.6 Å². The third-order valence-corrected chi connectivity index (χ3v) is 25.0. The van der Waals surface area contributed by atoms with Gasteiger partial charge in [0.05, 0.1) is 24.4 Å². The molecule has 50 heavy (non-hydrogen) atoms. The molecular formula is C38H67IO8Si3. The van der Waals surface area contributed by atoms with Crippen LogP contribution in [0.4, 0.5) is 0 Å². The van der Waals surface area contributed by atoms with Crippen molar-refractivity contribution in [3.8, 4) is 0 Å². The van der Waals surface area contributed by atoms with E-state index in [2.05, 4.69) is 130 Å². The van der Waals surface area contributed by atoms with E-state index in [0.29, 0.717) is 18.4 Å². The molecule has 2 rings (SSSR count). The number of carbonyl (C=O) groups excluding carboxylic acids is 2. The third-order valence-electron chi connectivity index (χ3n) is 11.2. The Morgan fingerprint density at radius 2 is 1.30 bits per heavy atom. The number of hydrogen-bond donors (Lipinski definition) is 0. The van der Waals surface area contributed by atoms with Crippen molar-refractivity contribution in [1.82, 2.24) is 0 Å². The Hall–Kier alpha value is -0.879. The van der Waals surface area contributed by atoms with Crippen molar-refractivity contribution < 1.29 is 37.1 Å². The normalized spacial score (nSPS) is 23.5. The van der Waals surface area contributed by atoms with Crippen molar-refractivity contribution >= 4 is 59.5 Å².